The van der Waals surface area contributed by atoms with Crippen molar-refractivity contribution in [2.75, 3.05) is 33.2 Å². The zero-order valence-corrected chi connectivity index (χ0v) is 15.5. The van der Waals surface area contributed by atoms with E-state index in [0.717, 1.165) is 24.6 Å². The molecule has 1 fully saturated rings. The van der Waals surface area contributed by atoms with E-state index in [0.29, 0.717) is 0 Å². The molecule has 0 unspecified atom stereocenters. The Morgan fingerprint density at radius 3 is 2.77 bits per heavy atom. The molecule has 2 N–H and O–H groups in total. The van der Waals surface area contributed by atoms with Crippen molar-refractivity contribution in [3.8, 4) is 5.69 Å². The number of nitrogens with one attached hydrogen (secondary N) is 2. The fraction of sp³-hybridized carbons (Fsp3) is 0.500. The highest BCUT2D eigenvalue weighted by atomic mass is 15.2. The van der Waals surface area contributed by atoms with E-state index in [4.69, 9.17) is 0 Å². The predicted molar refractivity (Wildman–Crippen MR) is 105 cm³/mol. The molecule has 0 saturated carbocycles. The molecule has 3 aromatic rings. The zero-order valence-electron chi connectivity index (χ0n) is 15.5. The summed E-state index contributed by atoms with van der Waals surface area (Å²) in [5, 5.41) is 12.4. The summed E-state index contributed by atoms with van der Waals surface area (Å²) in [6.45, 7) is 4.86. The summed E-state index contributed by atoms with van der Waals surface area (Å²) in [5.41, 5.74) is 3.71. The second kappa shape index (κ2) is 8.01. The Labute approximate surface area is 154 Å². The first-order valence-corrected chi connectivity index (χ1v) is 9.65. The largest absolute Gasteiger partial charge is 0.361 e. The number of benzene rings is 1. The number of likely N-dealkylation sites (tertiary alicyclic amines) is 1. The van der Waals surface area contributed by atoms with E-state index in [9.17, 15) is 0 Å². The Hall–Kier alpha value is -2.18. The van der Waals surface area contributed by atoms with E-state index in [1.54, 1.807) is 12.7 Å². The van der Waals surface area contributed by atoms with Gasteiger partial charge in [-0.2, -0.15) is 0 Å². The summed E-state index contributed by atoms with van der Waals surface area (Å²) < 4.78 is 1.95. The highest BCUT2D eigenvalue weighted by Gasteiger charge is 2.18. The molecule has 4 rings (SSSR count). The molecule has 3 heterocycles. The minimum absolute atomic E-state index is 0.862. The maximum Gasteiger partial charge on any atom is 0.123 e. The number of aromatic amines is 1. The van der Waals surface area contributed by atoms with Crippen molar-refractivity contribution in [3.05, 3.63) is 42.6 Å². The topological polar surface area (TPSA) is 61.8 Å². The van der Waals surface area contributed by atoms with Gasteiger partial charge in [-0.25, -0.2) is 0 Å². The van der Waals surface area contributed by atoms with Crippen molar-refractivity contribution in [2.45, 2.75) is 25.7 Å². The molecule has 26 heavy (non-hydrogen) atoms. The molecule has 0 spiro atoms. The number of hydrogen-bond acceptors (Lipinski definition) is 4. The van der Waals surface area contributed by atoms with Crippen LogP contribution in [0.4, 0.5) is 0 Å². The van der Waals surface area contributed by atoms with Gasteiger partial charge in [-0.05, 0) is 88.6 Å². The molecule has 6 heteroatoms. The Bertz CT molecular complexity index is 814. The molecule has 1 saturated heterocycles. The Kier molecular flexibility index (Phi) is 5.32. The minimum atomic E-state index is 0.862. The summed E-state index contributed by atoms with van der Waals surface area (Å²) in [7, 11) is 2.06. The van der Waals surface area contributed by atoms with E-state index >= 15 is 0 Å². The third kappa shape index (κ3) is 3.81. The fourth-order valence-corrected chi connectivity index (χ4v) is 4.06. The Morgan fingerprint density at radius 1 is 1.19 bits per heavy atom. The van der Waals surface area contributed by atoms with Gasteiger partial charge in [0, 0.05) is 22.8 Å². The van der Waals surface area contributed by atoms with E-state index in [-0.39, 0.29) is 0 Å². The average molecular weight is 352 g/mol. The fourth-order valence-electron chi connectivity index (χ4n) is 4.06. The number of fused-ring (bicyclic) bond motifs is 1. The smallest absolute Gasteiger partial charge is 0.123 e. The number of aromatic nitrogens is 4. The standard InChI is InChI=1S/C20H28N6/c1-21-12-16-6-9-25(10-7-16)8-2-3-17-13-22-20-5-4-18(11-19(17)20)26-14-23-24-15-26/h4-5,11,13-16,21-22H,2-3,6-10,12H2,1H3. The van der Waals surface area contributed by atoms with Gasteiger partial charge >= 0.3 is 0 Å². The lowest BCUT2D eigenvalue weighted by molar-refractivity contribution is 0.182. The lowest BCUT2D eigenvalue weighted by Gasteiger charge is -2.31. The van der Waals surface area contributed by atoms with Gasteiger partial charge < -0.3 is 15.2 Å². The van der Waals surface area contributed by atoms with E-state index in [2.05, 4.69) is 56.8 Å². The first-order chi connectivity index (χ1) is 12.8. The maximum atomic E-state index is 3.90. The molecule has 0 radical (unpaired) electrons. The van der Waals surface area contributed by atoms with E-state index < -0.39 is 0 Å². The average Bonchev–Trinajstić information content (AvgIpc) is 3.33. The molecule has 0 atom stereocenters. The highest BCUT2D eigenvalue weighted by Crippen LogP contribution is 2.23. The van der Waals surface area contributed by atoms with Crippen LogP contribution in [0.3, 0.4) is 0 Å². The number of aryl methyl sites for hydroxylation is 1. The number of nitrogens with zero attached hydrogens (tertiary/aromatic N) is 4. The van der Waals surface area contributed by atoms with Crippen LogP contribution in [0.15, 0.2) is 37.1 Å². The quantitative estimate of drug-likeness (QED) is 0.686. The molecule has 1 aliphatic rings. The van der Waals surface area contributed by atoms with Crippen LogP contribution in [0.5, 0.6) is 0 Å². The molecule has 1 aliphatic heterocycles. The van der Waals surface area contributed by atoms with Crippen molar-refractivity contribution in [2.24, 2.45) is 5.92 Å². The summed E-state index contributed by atoms with van der Waals surface area (Å²) in [6.07, 6.45) is 10.6. The van der Waals surface area contributed by atoms with Crippen molar-refractivity contribution >= 4 is 10.9 Å². The molecule has 6 nitrogen and oxygen atoms in total. The second-order valence-corrected chi connectivity index (χ2v) is 7.36. The van der Waals surface area contributed by atoms with Gasteiger partial charge in [0.15, 0.2) is 0 Å². The summed E-state index contributed by atoms with van der Waals surface area (Å²) in [4.78, 5) is 6.04. The van der Waals surface area contributed by atoms with Gasteiger partial charge in [0.1, 0.15) is 12.7 Å². The van der Waals surface area contributed by atoms with Crippen molar-refractivity contribution in [1.29, 1.82) is 0 Å². The number of rotatable bonds is 7. The first-order valence-electron chi connectivity index (χ1n) is 9.65. The van der Waals surface area contributed by atoms with Crippen LogP contribution in [0.25, 0.3) is 16.6 Å². The highest BCUT2D eigenvalue weighted by molar-refractivity contribution is 5.85. The molecule has 0 amide bonds. The van der Waals surface area contributed by atoms with Gasteiger partial charge in [-0.1, -0.05) is 0 Å². The lowest BCUT2D eigenvalue weighted by Crippen LogP contribution is -2.37. The van der Waals surface area contributed by atoms with Gasteiger partial charge in [0.05, 0.1) is 0 Å². The molecule has 138 valence electrons. The van der Waals surface area contributed by atoms with Crippen LogP contribution in [0.2, 0.25) is 0 Å². The SMILES string of the molecule is CNCC1CCN(CCCc2c[nH]c3ccc(-n4cnnc4)cc23)CC1. The van der Waals surface area contributed by atoms with E-state index in [1.807, 2.05) is 4.57 Å². The van der Waals surface area contributed by atoms with Crippen LogP contribution in [-0.4, -0.2) is 57.9 Å². The van der Waals surface area contributed by atoms with Gasteiger partial charge in [0.2, 0.25) is 0 Å². The van der Waals surface area contributed by atoms with Crippen molar-refractivity contribution in [3.63, 3.8) is 0 Å². The van der Waals surface area contributed by atoms with Crippen LogP contribution >= 0.6 is 0 Å². The summed E-state index contributed by atoms with van der Waals surface area (Å²) in [5.74, 6) is 0.862. The Morgan fingerprint density at radius 2 is 2.00 bits per heavy atom. The van der Waals surface area contributed by atoms with Crippen molar-refractivity contribution in [1.82, 2.24) is 30.0 Å². The van der Waals surface area contributed by atoms with Crippen LogP contribution in [-0.2, 0) is 6.42 Å². The van der Waals surface area contributed by atoms with Gasteiger partial charge in [-0.15, -0.1) is 10.2 Å². The van der Waals surface area contributed by atoms with Crippen LogP contribution < -0.4 is 5.32 Å². The molecule has 1 aromatic carbocycles. The molecule has 0 bridgehead atoms. The van der Waals surface area contributed by atoms with Crippen molar-refractivity contribution < 1.29 is 0 Å². The number of hydrogen-bond donors (Lipinski definition) is 2. The normalized spacial score (nSPS) is 16.5. The monoisotopic (exact) mass is 352 g/mol. The maximum absolute atomic E-state index is 3.90. The number of H-pyrrole nitrogens is 1. The third-order valence-corrected chi connectivity index (χ3v) is 5.59. The lowest BCUT2D eigenvalue weighted by atomic mass is 9.96. The Balaban J connectivity index is 1.35. The third-order valence-electron chi connectivity index (χ3n) is 5.59. The summed E-state index contributed by atoms with van der Waals surface area (Å²) >= 11 is 0. The number of piperidine rings is 1. The van der Waals surface area contributed by atoms with Crippen LogP contribution in [0, 0.1) is 5.92 Å². The minimum Gasteiger partial charge on any atom is -0.361 e. The predicted octanol–water partition coefficient (Wildman–Crippen LogP) is 2.61. The zero-order chi connectivity index (χ0) is 17.8. The van der Waals surface area contributed by atoms with Gasteiger partial charge in [0.25, 0.3) is 0 Å². The molecular formula is C20H28N6. The summed E-state index contributed by atoms with van der Waals surface area (Å²) in [6, 6.07) is 6.47. The first kappa shape index (κ1) is 17.2. The molecule has 2 aromatic heterocycles. The van der Waals surface area contributed by atoms with E-state index in [1.165, 1.54) is 55.4 Å². The second-order valence-electron chi connectivity index (χ2n) is 7.36. The molecule has 0 aliphatic carbocycles. The van der Waals surface area contributed by atoms with Gasteiger partial charge in [-0.3, -0.25) is 4.57 Å². The van der Waals surface area contributed by atoms with Crippen LogP contribution in [0.1, 0.15) is 24.8 Å². The molecular weight excluding hydrogens is 324 g/mol.